The van der Waals surface area contributed by atoms with Gasteiger partial charge in [0.15, 0.2) is 0 Å². The van der Waals surface area contributed by atoms with Gasteiger partial charge >= 0.3 is 0 Å². The van der Waals surface area contributed by atoms with Crippen LogP contribution in [-0.2, 0) is 0 Å². The van der Waals surface area contributed by atoms with E-state index in [1.807, 2.05) is 18.2 Å². The van der Waals surface area contributed by atoms with Gasteiger partial charge in [-0.1, -0.05) is 91.0 Å². The maximum Gasteiger partial charge on any atom is 0.138 e. The normalized spacial score (nSPS) is 11.4. The molecule has 0 aliphatic carbocycles. The Morgan fingerprint density at radius 1 is 0.552 bits per heavy atom. The van der Waals surface area contributed by atoms with Crippen molar-refractivity contribution in [2.45, 2.75) is 0 Å². The molecule has 0 aliphatic rings. The molecule has 2 nitrogen and oxygen atoms in total. The van der Waals surface area contributed by atoms with Gasteiger partial charge in [0, 0.05) is 5.56 Å². The van der Waals surface area contributed by atoms with Crippen molar-refractivity contribution >= 4 is 32.6 Å². The molecule has 6 aromatic rings. The first-order valence-corrected chi connectivity index (χ1v) is 9.83. The Morgan fingerprint density at radius 3 is 2.31 bits per heavy atom. The zero-order chi connectivity index (χ0) is 19.2. The molecule has 0 fully saturated rings. The van der Waals surface area contributed by atoms with Crippen LogP contribution >= 0.6 is 0 Å². The SMILES string of the molecule is c1ccc(-c2nc3ccc(-c4cccc5c4ccc4ccccc45)cc3[nH]2)cc1. The van der Waals surface area contributed by atoms with Gasteiger partial charge in [0.05, 0.1) is 11.0 Å². The highest BCUT2D eigenvalue weighted by molar-refractivity contribution is 6.12. The first-order chi connectivity index (χ1) is 14.4. The maximum absolute atomic E-state index is 4.77. The third-order valence-corrected chi connectivity index (χ3v) is 5.63. The molecule has 0 atom stereocenters. The molecule has 6 rings (SSSR count). The summed E-state index contributed by atoms with van der Waals surface area (Å²) in [7, 11) is 0. The minimum Gasteiger partial charge on any atom is -0.338 e. The lowest BCUT2D eigenvalue weighted by atomic mass is 9.94. The van der Waals surface area contributed by atoms with Crippen LogP contribution in [0.3, 0.4) is 0 Å². The van der Waals surface area contributed by atoms with E-state index in [0.717, 1.165) is 22.4 Å². The first-order valence-electron chi connectivity index (χ1n) is 9.83. The van der Waals surface area contributed by atoms with Crippen LogP contribution in [0.5, 0.6) is 0 Å². The molecule has 0 unspecified atom stereocenters. The minimum atomic E-state index is 0.904. The molecule has 1 heterocycles. The van der Waals surface area contributed by atoms with Crippen molar-refractivity contribution in [2.24, 2.45) is 0 Å². The molecule has 0 bridgehead atoms. The zero-order valence-electron chi connectivity index (χ0n) is 15.8. The van der Waals surface area contributed by atoms with Gasteiger partial charge in [0.2, 0.25) is 0 Å². The summed E-state index contributed by atoms with van der Waals surface area (Å²) in [6, 6.07) is 36.3. The second-order valence-electron chi connectivity index (χ2n) is 7.37. The lowest BCUT2D eigenvalue weighted by Gasteiger charge is -2.09. The van der Waals surface area contributed by atoms with Crippen LogP contribution in [0.4, 0.5) is 0 Å². The van der Waals surface area contributed by atoms with Crippen molar-refractivity contribution < 1.29 is 0 Å². The molecule has 0 saturated carbocycles. The van der Waals surface area contributed by atoms with Crippen LogP contribution in [-0.4, -0.2) is 9.97 Å². The molecule has 1 N–H and O–H groups in total. The third-order valence-electron chi connectivity index (χ3n) is 5.63. The largest absolute Gasteiger partial charge is 0.338 e. The van der Waals surface area contributed by atoms with Crippen molar-refractivity contribution in [3.8, 4) is 22.5 Å². The van der Waals surface area contributed by atoms with Gasteiger partial charge < -0.3 is 4.98 Å². The number of benzene rings is 5. The number of nitrogens with one attached hydrogen (secondary N) is 1. The Morgan fingerprint density at radius 2 is 1.38 bits per heavy atom. The fraction of sp³-hybridized carbons (Fsp3) is 0. The molecule has 1 aromatic heterocycles. The number of nitrogens with zero attached hydrogens (tertiary/aromatic N) is 1. The van der Waals surface area contributed by atoms with Crippen LogP contribution in [0.25, 0.3) is 55.1 Å². The van der Waals surface area contributed by atoms with E-state index in [2.05, 4.69) is 89.9 Å². The quantitative estimate of drug-likeness (QED) is 0.321. The van der Waals surface area contributed by atoms with Crippen molar-refractivity contribution in [3.63, 3.8) is 0 Å². The smallest absolute Gasteiger partial charge is 0.138 e. The molecule has 0 aliphatic heterocycles. The van der Waals surface area contributed by atoms with E-state index in [-0.39, 0.29) is 0 Å². The maximum atomic E-state index is 4.77. The summed E-state index contributed by atoms with van der Waals surface area (Å²) in [5.74, 6) is 0.904. The van der Waals surface area contributed by atoms with Crippen LogP contribution in [0.1, 0.15) is 0 Å². The predicted molar refractivity (Wildman–Crippen MR) is 122 cm³/mol. The summed E-state index contributed by atoms with van der Waals surface area (Å²) < 4.78 is 0. The summed E-state index contributed by atoms with van der Waals surface area (Å²) in [6.45, 7) is 0. The molecule has 29 heavy (non-hydrogen) atoms. The highest BCUT2D eigenvalue weighted by atomic mass is 14.9. The highest BCUT2D eigenvalue weighted by Gasteiger charge is 2.10. The Balaban J connectivity index is 1.54. The van der Waals surface area contributed by atoms with Crippen molar-refractivity contribution in [1.82, 2.24) is 9.97 Å². The monoisotopic (exact) mass is 370 g/mol. The lowest BCUT2D eigenvalue weighted by Crippen LogP contribution is -1.83. The number of fused-ring (bicyclic) bond motifs is 4. The van der Waals surface area contributed by atoms with Crippen LogP contribution in [0.15, 0.2) is 103 Å². The van der Waals surface area contributed by atoms with E-state index < -0.39 is 0 Å². The average Bonchev–Trinajstić information content (AvgIpc) is 3.22. The van der Waals surface area contributed by atoms with Crippen LogP contribution in [0, 0.1) is 0 Å². The molecular formula is C27H18N2. The molecule has 5 aromatic carbocycles. The van der Waals surface area contributed by atoms with Gasteiger partial charge in [0.25, 0.3) is 0 Å². The fourth-order valence-electron chi connectivity index (χ4n) is 4.20. The zero-order valence-corrected chi connectivity index (χ0v) is 15.8. The van der Waals surface area contributed by atoms with Crippen LogP contribution < -0.4 is 0 Å². The summed E-state index contributed by atoms with van der Waals surface area (Å²) in [5.41, 5.74) is 5.58. The highest BCUT2D eigenvalue weighted by Crippen LogP contribution is 2.34. The predicted octanol–water partition coefficient (Wildman–Crippen LogP) is 7.20. The van der Waals surface area contributed by atoms with E-state index in [1.54, 1.807) is 0 Å². The molecule has 2 heteroatoms. The van der Waals surface area contributed by atoms with Crippen molar-refractivity contribution in [1.29, 1.82) is 0 Å². The van der Waals surface area contributed by atoms with Gasteiger partial charge in [-0.3, -0.25) is 0 Å². The number of aromatic amines is 1. The summed E-state index contributed by atoms with van der Waals surface area (Å²) in [4.78, 5) is 8.25. The van der Waals surface area contributed by atoms with E-state index in [1.165, 1.54) is 32.7 Å². The molecule has 0 radical (unpaired) electrons. The van der Waals surface area contributed by atoms with Crippen molar-refractivity contribution in [2.75, 3.05) is 0 Å². The number of imidazole rings is 1. The Bertz CT molecular complexity index is 1490. The van der Waals surface area contributed by atoms with E-state index >= 15 is 0 Å². The number of hydrogen-bond acceptors (Lipinski definition) is 1. The summed E-state index contributed by atoms with van der Waals surface area (Å²) >= 11 is 0. The molecule has 0 amide bonds. The Hall–Kier alpha value is -3.91. The third kappa shape index (κ3) is 2.61. The van der Waals surface area contributed by atoms with Crippen LogP contribution in [0.2, 0.25) is 0 Å². The molecular weight excluding hydrogens is 352 g/mol. The van der Waals surface area contributed by atoms with Gasteiger partial charge in [0.1, 0.15) is 5.82 Å². The Labute approximate surface area is 168 Å². The van der Waals surface area contributed by atoms with Gasteiger partial charge in [-0.05, 0) is 44.8 Å². The standard InChI is InChI=1S/C27H18N2/c1-2-8-19(9-3-1)27-28-25-16-14-20(17-26(25)29-27)22-11-6-12-23-21-10-5-4-7-18(21)13-15-24(22)23/h1-17H,(H,28,29). The molecule has 136 valence electrons. The van der Waals surface area contributed by atoms with Gasteiger partial charge in [-0.15, -0.1) is 0 Å². The summed E-state index contributed by atoms with van der Waals surface area (Å²) in [5, 5.41) is 5.12. The molecule has 0 saturated heterocycles. The minimum absolute atomic E-state index is 0.904. The number of aromatic nitrogens is 2. The first kappa shape index (κ1) is 16.1. The second-order valence-corrected chi connectivity index (χ2v) is 7.37. The number of H-pyrrole nitrogens is 1. The lowest BCUT2D eigenvalue weighted by molar-refractivity contribution is 1.34. The Kier molecular flexibility index (Phi) is 3.50. The number of hydrogen-bond donors (Lipinski definition) is 1. The summed E-state index contributed by atoms with van der Waals surface area (Å²) in [6.07, 6.45) is 0. The van der Waals surface area contributed by atoms with Gasteiger partial charge in [-0.25, -0.2) is 4.98 Å². The second kappa shape index (κ2) is 6.32. The van der Waals surface area contributed by atoms with E-state index in [9.17, 15) is 0 Å². The topological polar surface area (TPSA) is 28.7 Å². The van der Waals surface area contributed by atoms with Gasteiger partial charge in [-0.2, -0.15) is 0 Å². The average molecular weight is 370 g/mol. The number of rotatable bonds is 2. The fourth-order valence-corrected chi connectivity index (χ4v) is 4.20. The molecule has 0 spiro atoms. The van der Waals surface area contributed by atoms with E-state index in [0.29, 0.717) is 0 Å². The van der Waals surface area contributed by atoms with Crippen molar-refractivity contribution in [3.05, 3.63) is 103 Å². The van der Waals surface area contributed by atoms with E-state index in [4.69, 9.17) is 4.98 Å².